The standard InChI is InChI=1S/C16H14BrNO4/c1-10-8-11(6-7-13(10)17)18-15(20)9-22-16(21)12-4-2-3-5-14(12)19/h2-8,19H,9H2,1H3,(H,18,20). The Morgan fingerprint density at radius 1 is 1.23 bits per heavy atom. The fourth-order valence-electron chi connectivity index (χ4n) is 1.77. The van der Waals surface area contributed by atoms with Crippen molar-refractivity contribution in [2.75, 3.05) is 11.9 Å². The zero-order valence-corrected chi connectivity index (χ0v) is 13.4. The van der Waals surface area contributed by atoms with Gasteiger partial charge < -0.3 is 15.2 Å². The molecule has 0 radical (unpaired) electrons. The molecule has 0 aliphatic carbocycles. The number of carbonyl (C=O) groups excluding carboxylic acids is 2. The number of aromatic hydroxyl groups is 1. The molecule has 114 valence electrons. The summed E-state index contributed by atoms with van der Waals surface area (Å²) in [7, 11) is 0. The second kappa shape index (κ2) is 7.09. The predicted molar refractivity (Wildman–Crippen MR) is 85.9 cm³/mol. The number of ether oxygens (including phenoxy) is 1. The minimum Gasteiger partial charge on any atom is -0.507 e. The van der Waals surface area contributed by atoms with Crippen LogP contribution in [0.5, 0.6) is 5.75 Å². The molecule has 1 amide bonds. The fourth-order valence-corrected chi connectivity index (χ4v) is 2.02. The first-order valence-corrected chi connectivity index (χ1v) is 7.28. The number of phenolic OH excluding ortho intramolecular Hbond substituents is 1. The molecule has 0 saturated carbocycles. The summed E-state index contributed by atoms with van der Waals surface area (Å²) < 4.78 is 5.82. The number of carbonyl (C=O) groups is 2. The van der Waals surface area contributed by atoms with Crippen molar-refractivity contribution in [3.8, 4) is 5.75 Å². The maximum absolute atomic E-state index is 11.8. The molecule has 0 atom stereocenters. The summed E-state index contributed by atoms with van der Waals surface area (Å²) >= 11 is 3.37. The van der Waals surface area contributed by atoms with Crippen LogP contribution in [0, 0.1) is 6.92 Å². The zero-order valence-electron chi connectivity index (χ0n) is 11.8. The number of nitrogens with one attached hydrogen (secondary N) is 1. The van der Waals surface area contributed by atoms with Gasteiger partial charge in [-0.1, -0.05) is 28.1 Å². The molecule has 2 aromatic carbocycles. The van der Waals surface area contributed by atoms with Gasteiger partial charge >= 0.3 is 5.97 Å². The molecule has 0 spiro atoms. The average Bonchev–Trinajstić information content (AvgIpc) is 2.49. The Bertz CT molecular complexity index is 715. The fraction of sp³-hybridized carbons (Fsp3) is 0.125. The lowest BCUT2D eigenvalue weighted by Gasteiger charge is -2.08. The van der Waals surface area contributed by atoms with E-state index in [9.17, 15) is 14.7 Å². The smallest absolute Gasteiger partial charge is 0.342 e. The molecule has 2 rings (SSSR count). The molecule has 0 heterocycles. The molecule has 5 nitrogen and oxygen atoms in total. The first kappa shape index (κ1) is 16.0. The molecule has 2 aromatic rings. The molecule has 0 bridgehead atoms. The van der Waals surface area contributed by atoms with E-state index < -0.39 is 18.5 Å². The molecular formula is C16H14BrNO4. The molecule has 2 N–H and O–H groups in total. The van der Waals surface area contributed by atoms with Gasteiger partial charge in [-0.2, -0.15) is 0 Å². The largest absolute Gasteiger partial charge is 0.507 e. The number of benzene rings is 2. The number of amides is 1. The van der Waals surface area contributed by atoms with Crippen LogP contribution in [-0.2, 0) is 9.53 Å². The second-order valence-corrected chi connectivity index (χ2v) is 5.46. The van der Waals surface area contributed by atoms with E-state index in [0.29, 0.717) is 5.69 Å². The van der Waals surface area contributed by atoms with Crippen molar-refractivity contribution in [3.63, 3.8) is 0 Å². The van der Waals surface area contributed by atoms with Crippen LogP contribution in [-0.4, -0.2) is 23.6 Å². The second-order valence-electron chi connectivity index (χ2n) is 4.61. The number of esters is 1. The molecule has 22 heavy (non-hydrogen) atoms. The van der Waals surface area contributed by atoms with Gasteiger partial charge in [-0.25, -0.2) is 4.79 Å². The van der Waals surface area contributed by atoms with Crippen LogP contribution in [0.2, 0.25) is 0 Å². The van der Waals surface area contributed by atoms with Gasteiger partial charge in [-0.05, 0) is 42.8 Å². The van der Waals surface area contributed by atoms with Crippen molar-refractivity contribution in [1.82, 2.24) is 0 Å². The summed E-state index contributed by atoms with van der Waals surface area (Å²) in [5.41, 5.74) is 1.61. The maximum Gasteiger partial charge on any atom is 0.342 e. The lowest BCUT2D eigenvalue weighted by molar-refractivity contribution is -0.119. The minimum atomic E-state index is -0.750. The highest BCUT2D eigenvalue weighted by Crippen LogP contribution is 2.20. The molecule has 0 aromatic heterocycles. The van der Waals surface area contributed by atoms with Crippen molar-refractivity contribution < 1.29 is 19.4 Å². The number of para-hydroxylation sites is 1. The summed E-state index contributed by atoms with van der Waals surface area (Å²) in [6.45, 7) is 1.47. The van der Waals surface area contributed by atoms with E-state index in [0.717, 1.165) is 10.0 Å². The summed E-state index contributed by atoms with van der Waals surface area (Å²) in [6.07, 6.45) is 0. The summed E-state index contributed by atoms with van der Waals surface area (Å²) in [6, 6.07) is 11.3. The SMILES string of the molecule is Cc1cc(NC(=O)COC(=O)c2ccccc2O)ccc1Br. The van der Waals surface area contributed by atoms with E-state index in [1.54, 1.807) is 24.3 Å². The van der Waals surface area contributed by atoms with Gasteiger partial charge in [0, 0.05) is 10.2 Å². The molecule has 0 unspecified atom stereocenters. The van der Waals surface area contributed by atoms with Gasteiger partial charge in [-0.15, -0.1) is 0 Å². The maximum atomic E-state index is 11.8. The summed E-state index contributed by atoms with van der Waals surface area (Å²) in [5.74, 6) is -1.39. The van der Waals surface area contributed by atoms with Crippen molar-refractivity contribution in [2.45, 2.75) is 6.92 Å². The lowest BCUT2D eigenvalue weighted by atomic mass is 10.2. The third-order valence-electron chi connectivity index (χ3n) is 2.90. The average molecular weight is 364 g/mol. The minimum absolute atomic E-state index is 0.0230. The van der Waals surface area contributed by atoms with Crippen LogP contribution in [0.3, 0.4) is 0 Å². The number of phenols is 1. The molecule has 6 heteroatoms. The number of rotatable bonds is 4. The molecule has 0 saturated heterocycles. The monoisotopic (exact) mass is 363 g/mol. The van der Waals surface area contributed by atoms with Crippen LogP contribution < -0.4 is 5.32 Å². The van der Waals surface area contributed by atoms with Crippen LogP contribution in [0.1, 0.15) is 15.9 Å². The van der Waals surface area contributed by atoms with E-state index in [2.05, 4.69) is 21.2 Å². The Labute approximate surface area is 136 Å². The number of aryl methyl sites for hydroxylation is 1. The summed E-state index contributed by atoms with van der Waals surface area (Å²) in [4.78, 5) is 23.5. The van der Waals surface area contributed by atoms with Crippen LogP contribution in [0.25, 0.3) is 0 Å². The first-order valence-electron chi connectivity index (χ1n) is 6.48. The van der Waals surface area contributed by atoms with Crippen LogP contribution >= 0.6 is 15.9 Å². The number of halogens is 1. The van der Waals surface area contributed by atoms with Gasteiger partial charge in [0.15, 0.2) is 6.61 Å². The van der Waals surface area contributed by atoms with Gasteiger partial charge in [0.05, 0.1) is 0 Å². The normalized spacial score (nSPS) is 10.1. The van der Waals surface area contributed by atoms with Crippen molar-refractivity contribution in [3.05, 3.63) is 58.1 Å². The highest BCUT2D eigenvalue weighted by molar-refractivity contribution is 9.10. The first-order chi connectivity index (χ1) is 10.5. The number of hydrogen-bond donors (Lipinski definition) is 2. The van der Waals surface area contributed by atoms with Crippen molar-refractivity contribution >= 4 is 33.5 Å². The van der Waals surface area contributed by atoms with E-state index in [-0.39, 0.29) is 11.3 Å². The van der Waals surface area contributed by atoms with E-state index >= 15 is 0 Å². The molecule has 0 aliphatic rings. The predicted octanol–water partition coefficient (Wildman–Crippen LogP) is 3.26. The third-order valence-corrected chi connectivity index (χ3v) is 3.79. The highest BCUT2D eigenvalue weighted by atomic mass is 79.9. The van der Waals surface area contributed by atoms with Crippen molar-refractivity contribution in [1.29, 1.82) is 0 Å². The quantitative estimate of drug-likeness (QED) is 0.817. The molecular weight excluding hydrogens is 350 g/mol. The topological polar surface area (TPSA) is 75.6 Å². The van der Waals surface area contributed by atoms with Gasteiger partial charge in [0.1, 0.15) is 11.3 Å². The molecule has 0 aliphatic heterocycles. The van der Waals surface area contributed by atoms with E-state index in [1.807, 2.05) is 13.0 Å². The van der Waals surface area contributed by atoms with Crippen LogP contribution in [0.4, 0.5) is 5.69 Å². The van der Waals surface area contributed by atoms with E-state index in [1.165, 1.54) is 12.1 Å². The lowest BCUT2D eigenvalue weighted by Crippen LogP contribution is -2.21. The zero-order chi connectivity index (χ0) is 16.1. The Kier molecular flexibility index (Phi) is 5.16. The van der Waals surface area contributed by atoms with Gasteiger partial charge in [0.25, 0.3) is 5.91 Å². The molecule has 0 fully saturated rings. The third kappa shape index (κ3) is 4.08. The number of anilines is 1. The van der Waals surface area contributed by atoms with Crippen molar-refractivity contribution in [2.24, 2.45) is 0 Å². The number of hydrogen-bond acceptors (Lipinski definition) is 4. The Hall–Kier alpha value is -2.34. The summed E-state index contributed by atoms with van der Waals surface area (Å²) in [5, 5.41) is 12.2. The highest BCUT2D eigenvalue weighted by Gasteiger charge is 2.13. The Balaban J connectivity index is 1.91. The van der Waals surface area contributed by atoms with Gasteiger partial charge in [-0.3, -0.25) is 4.79 Å². The Morgan fingerprint density at radius 3 is 2.64 bits per heavy atom. The van der Waals surface area contributed by atoms with E-state index in [4.69, 9.17) is 4.74 Å². The Morgan fingerprint density at radius 2 is 1.95 bits per heavy atom. The van der Waals surface area contributed by atoms with Crippen LogP contribution in [0.15, 0.2) is 46.9 Å². The van der Waals surface area contributed by atoms with Gasteiger partial charge in [0.2, 0.25) is 0 Å².